The molecule has 2 atom stereocenters. The van der Waals surface area contributed by atoms with E-state index in [1.807, 2.05) is 26.1 Å². The fourth-order valence-corrected chi connectivity index (χ4v) is 2.88. The standard InChI is InChI=1S/C15H22ClNO2/c1-4-18-10(2)14(17-3)9-12-8-13(16)7-11-5-6-19-15(11)12/h7-8,10,14,17H,4-6,9H2,1-3H3. The van der Waals surface area contributed by atoms with Gasteiger partial charge in [-0.3, -0.25) is 0 Å². The molecule has 2 unspecified atom stereocenters. The predicted molar refractivity (Wildman–Crippen MR) is 78.3 cm³/mol. The molecule has 0 saturated carbocycles. The maximum atomic E-state index is 6.19. The van der Waals surface area contributed by atoms with Crippen LogP contribution in [0, 0.1) is 0 Å². The van der Waals surface area contributed by atoms with E-state index in [0.29, 0.717) is 0 Å². The van der Waals surface area contributed by atoms with Gasteiger partial charge in [0.25, 0.3) is 0 Å². The Balaban J connectivity index is 2.18. The minimum absolute atomic E-state index is 0.158. The van der Waals surface area contributed by atoms with Crippen LogP contribution >= 0.6 is 11.6 Å². The third-order valence-electron chi connectivity index (χ3n) is 3.63. The van der Waals surface area contributed by atoms with Crippen molar-refractivity contribution in [3.05, 3.63) is 28.3 Å². The van der Waals surface area contributed by atoms with Gasteiger partial charge in [0.05, 0.1) is 12.7 Å². The molecule has 1 aliphatic rings. The number of hydrogen-bond donors (Lipinski definition) is 1. The van der Waals surface area contributed by atoms with E-state index in [0.717, 1.165) is 36.8 Å². The summed E-state index contributed by atoms with van der Waals surface area (Å²) < 4.78 is 11.4. The Morgan fingerprint density at radius 1 is 1.47 bits per heavy atom. The number of nitrogens with one attached hydrogen (secondary N) is 1. The van der Waals surface area contributed by atoms with Gasteiger partial charge in [0, 0.05) is 24.1 Å². The van der Waals surface area contributed by atoms with Gasteiger partial charge in [-0.05, 0) is 50.6 Å². The van der Waals surface area contributed by atoms with Crippen molar-refractivity contribution in [3.8, 4) is 5.75 Å². The fourth-order valence-electron chi connectivity index (χ4n) is 2.62. The van der Waals surface area contributed by atoms with E-state index in [9.17, 15) is 0 Å². The highest BCUT2D eigenvalue weighted by molar-refractivity contribution is 6.30. The first-order valence-electron chi connectivity index (χ1n) is 6.88. The lowest BCUT2D eigenvalue weighted by molar-refractivity contribution is 0.0495. The first-order valence-corrected chi connectivity index (χ1v) is 7.26. The molecule has 1 aromatic carbocycles. The summed E-state index contributed by atoms with van der Waals surface area (Å²) in [6, 6.07) is 4.27. The quantitative estimate of drug-likeness (QED) is 0.871. The van der Waals surface area contributed by atoms with Crippen LogP contribution in [-0.2, 0) is 17.6 Å². The van der Waals surface area contributed by atoms with Gasteiger partial charge in [0.1, 0.15) is 5.75 Å². The number of hydrogen-bond acceptors (Lipinski definition) is 3. The van der Waals surface area contributed by atoms with Crippen LogP contribution in [-0.4, -0.2) is 32.4 Å². The summed E-state index contributed by atoms with van der Waals surface area (Å²) >= 11 is 6.19. The predicted octanol–water partition coefficient (Wildman–Crippen LogP) is 2.83. The summed E-state index contributed by atoms with van der Waals surface area (Å²) in [7, 11) is 1.96. The van der Waals surface area contributed by atoms with Crippen LogP contribution in [0.5, 0.6) is 5.75 Å². The third-order valence-corrected chi connectivity index (χ3v) is 3.85. The molecular weight excluding hydrogens is 262 g/mol. The lowest BCUT2D eigenvalue weighted by atomic mass is 9.99. The highest BCUT2D eigenvalue weighted by Crippen LogP contribution is 2.33. The molecule has 0 amide bonds. The van der Waals surface area contributed by atoms with Crippen molar-refractivity contribution in [3.63, 3.8) is 0 Å². The number of halogens is 1. The zero-order valence-corrected chi connectivity index (χ0v) is 12.6. The van der Waals surface area contributed by atoms with Crippen LogP contribution in [0.15, 0.2) is 12.1 Å². The number of benzene rings is 1. The Bertz CT molecular complexity index is 436. The van der Waals surface area contributed by atoms with Crippen molar-refractivity contribution >= 4 is 11.6 Å². The van der Waals surface area contributed by atoms with Gasteiger partial charge in [-0.1, -0.05) is 11.6 Å². The largest absolute Gasteiger partial charge is 0.493 e. The van der Waals surface area contributed by atoms with E-state index in [4.69, 9.17) is 21.1 Å². The van der Waals surface area contributed by atoms with E-state index in [1.165, 1.54) is 11.1 Å². The van der Waals surface area contributed by atoms with Gasteiger partial charge in [-0.2, -0.15) is 0 Å². The molecular formula is C15H22ClNO2. The number of rotatable bonds is 6. The SMILES string of the molecule is CCOC(C)C(Cc1cc(Cl)cc2c1OCC2)NC. The van der Waals surface area contributed by atoms with Crippen molar-refractivity contribution < 1.29 is 9.47 Å². The number of ether oxygens (including phenoxy) is 2. The van der Waals surface area contributed by atoms with Crippen LogP contribution in [0.1, 0.15) is 25.0 Å². The van der Waals surface area contributed by atoms with Crippen LogP contribution in [0.25, 0.3) is 0 Å². The molecule has 4 heteroatoms. The molecule has 0 bridgehead atoms. The van der Waals surface area contributed by atoms with Crippen LogP contribution in [0.3, 0.4) is 0 Å². The van der Waals surface area contributed by atoms with Crippen molar-refractivity contribution in [2.75, 3.05) is 20.3 Å². The molecule has 1 aromatic rings. The Kier molecular flexibility index (Phi) is 5.08. The first kappa shape index (κ1) is 14.6. The van der Waals surface area contributed by atoms with Crippen molar-refractivity contribution in [2.24, 2.45) is 0 Å². The third kappa shape index (κ3) is 3.41. The van der Waals surface area contributed by atoms with Crippen molar-refractivity contribution in [2.45, 2.75) is 38.8 Å². The van der Waals surface area contributed by atoms with Crippen molar-refractivity contribution in [1.29, 1.82) is 0 Å². The lowest BCUT2D eigenvalue weighted by Crippen LogP contribution is -2.39. The van der Waals surface area contributed by atoms with E-state index >= 15 is 0 Å². The highest BCUT2D eigenvalue weighted by atomic mass is 35.5. The highest BCUT2D eigenvalue weighted by Gasteiger charge is 2.22. The Morgan fingerprint density at radius 2 is 2.26 bits per heavy atom. The fraction of sp³-hybridized carbons (Fsp3) is 0.600. The molecule has 1 aliphatic heterocycles. The van der Waals surface area contributed by atoms with Crippen LogP contribution < -0.4 is 10.1 Å². The van der Waals surface area contributed by atoms with Crippen LogP contribution in [0.2, 0.25) is 5.02 Å². The average Bonchev–Trinajstić information content (AvgIpc) is 2.83. The second-order valence-corrected chi connectivity index (χ2v) is 5.35. The minimum atomic E-state index is 0.158. The lowest BCUT2D eigenvalue weighted by Gasteiger charge is -2.24. The summed E-state index contributed by atoms with van der Waals surface area (Å²) in [6.07, 6.45) is 1.97. The monoisotopic (exact) mass is 283 g/mol. The summed E-state index contributed by atoms with van der Waals surface area (Å²) in [5, 5.41) is 4.11. The molecule has 0 saturated heterocycles. The molecule has 106 valence electrons. The van der Waals surface area contributed by atoms with E-state index < -0.39 is 0 Å². The summed E-state index contributed by atoms with van der Waals surface area (Å²) in [4.78, 5) is 0. The molecule has 0 spiro atoms. The minimum Gasteiger partial charge on any atom is -0.493 e. The normalized spacial score (nSPS) is 16.8. The Labute approximate surface area is 120 Å². The van der Waals surface area contributed by atoms with E-state index in [1.54, 1.807) is 0 Å². The first-order chi connectivity index (χ1) is 9.15. The maximum absolute atomic E-state index is 6.19. The topological polar surface area (TPSA) is 30.5 Å². The molecule has 0 fully saturated rings. The molecule has 19 heavy (non-hydrogen) atoms. The summed E-state index contributed by atoms with van der Waals surface area (Å²) in [5.74, 6) is 1.02. The van der Waals surface area contributed by atoms with Gasteiger partial charge in [-0.15, -0.1) is 0 Å². The smallest absolute Gasteiger partial charge is 0.125 e. The molecule has 1 heterocycles. The van der Waals surface area contributed by atoms with Gasteiger partial charge >= 0.3 is 0 Å². The van der Waals surface area contributed by atoms with Gasteiger partial charge in [0.15, 0.2) is 0 Å². The van der Waals surface area contributed by atoms with Crippen LogP contribution in [0.4, 0.5) is 0 Å². The molecule has 0 aliphatic carbocycles. The van der Waals surface area contributed by atoms with E-state index in [-0.39, 0.29) is 12.1 Å². The summed E-state index contributed by atoms with van der Waals surface area (Å²) in [6.45, 7) is 5.59. The zero-order chi connectivity index (χ0) is 13.8. The molecule has 1 N–H and O–H groups in total. The van der Waals surface area contributed by atoms with Gasteiger partial charge in [0.2, 0.25) is 0 Å². The van der Waals surface area contributed by atoms with Gasteiger partial charge in [-0.25, -0.2) is 0 Å². The number of fused-ring (bicyclic) bond motifs is 1. The van der Waals surface area contributed by atoms with Crippen molar-refractivity contribution in [1.82, 2.24) is 5.32 Å². The second-order valence-electron chi connectivity index (χ2n) is 4.91. The number of likely N-dealkylation sites (N-methyl/N-ethyl adjacent to an activating group) is 1. The summed E-state index contributed by atoms with van der Waals surface area (Å²) in [5.41, 5.74) is 2.40. The molecule has 0 radical (unpaired) electrons. The van der Waals surface area contributed by atoms with Gasteiger partial charge < -0.3 is 14.8 Å². The molecule has 0 aromatic heterocycles. The van der Waals surface area contributed by atoms with E-state index in [2.05, 4.69) is 12.2 Å². The maximum Gasteiger partial charge on any atom is 0.125 e. The average molecular weight is 284 g/mol. The molecule has 2 rings (SSSR count). The second kappa shape index (κ2) is 6.60. The molecule has 3 nitrogen and oxygen atoms in total. The Hall–Kier alpha value is -0.770. The zero-order valence-electron chi connectivity index (χ0n) is 11.8. The Morgan fingerprint density at radius 3 is 2.95 bits per heavy atom.